The predicted molar refractivity (Wildman–Crippen MR) is 72.0 cm³/mol. The van der Waals surface area contributed by atoms with Crippen LogP contribution in [0.4, 0.5) is 0 Å². The van der Waals surface area contributed by atoms with E-state index in [4.69, 9.17) is 8.22 Å². The zero-order valence-corrected chi connectivity index (χ0v) is 10.3. The molecule has 1 nitrogen and oxygen atoms in total. The molecule has 1 aromatic carbocycles. The van der Waals surface area contributed by atoms with E-state index in [0.29, 0.717) is 0 Å². The fraction of sp³-hybridized carbons (Fsp3) is 0.312. The van der Waals surface area contributed by atoms with E-state index in [1.165, 1.54) is 10.6 Å². The van der Waals surface area contributed by atoms with E-state index in [1.54, 1.807) is 14.0 Å². The second-order valence-corrected chi connectivity index (χ2v) is 4.31. The Hall–Kier alpha value is -1.63. The highest BCUT2D eigenvalue weighted by molar-refractivity contribution is 5.64. The van der Waals surface area contributed by atoms with Gasteiger partial charge in [-0.05, 0) is 38.4 Å². The van der Waals surface area contributed by atoms with Crippen LogP contribution in [0.3, 0.4) is 0 Å². The molecule has 0 amide bonds. The summed E-state index contributed by atoms with van der Waals surface area (Å²) in [5.41, 5.74) is 3.11. The van der Waals surface area contributed by atoms with Crippen LogP contribution in [0.5, 0.6) is 0 Å². The van der Waals surface area contributed by atoms with Crippen LogP contribution in [0, 0.1) is 27.6 Å². The van der Waals surface area contributed by atoms with Gasteiger partial charge < -0.3 is 0 Å². The molecule has 1 aromatic heterocycles. The molecular weight excluding hydrogens is 206 g/mol. The van der Waals surface area contributed by atoms with Crippen LogP contribution >= 0.6 is 0 Å². The largest absolute Gasteiger partial charge is 0.215 e. The van der Waals surface area contributed by atoms with Crippen LogP contribution in [0.25, 0.3) is 11.3 Å². The second-order valence-electron chi connectivity index (χ2n) is 4.31. The molecule has 2 aromatic rings. The number of nitrogens with zero attached hydrogens (tertiary/aromatic N) is 1. The van der Waals surface area contributed by atoms with E-state index >= 15 is 0 Å². The molecule has 88 valence electrons. The van der Waals surface area contributed by atoms with E-state index in [0.717, 1.165) is 22.4 Å². The molecule has 0 N–H and O–H groups in total. The zero-order valence-electron chi connectivity index (χ0n) is 16.3. The first kappa shape index (κ1) is 6.34. The molecule has 0 atom stereocenters. The third-order valence-electron chi connectivity index (χ3n) is 3.06. The van der Waals surface area contributed by atoms with E-state index in [9.17, 15) is 0 Å². The van der Waals surface area contributed by atoms with Gasteiger partial charge in [0, 0.05) is 31.8 Å². The molecule has 0 unspecified atom stereocenters. The standard InChI is InChI=1S/C16H20N/c1-11-8-6-7-9-15(11)16-13(3)10-12(2)14(4)17(16)5/h6-10H,1-5H3/q+1/i2D3,4D3. The van der Waals surface area contributed by atoms with E-state index in [2.05, 4.69) is 0 Å². The summed E-state index contributed by atoms with van der Waals surface area (Å²) in [4.78, 5) is 0. The van der Waals surface area contributed by atoms with Gasteiger partial charge in [0.2, 0.25) is 5.69 Å². The van der Waals surface area contributed by atoms with Crippen LogP contribution < -0.4 is 4.57 Å². The lowest BCUT2D eigenvalue weighted by atomic mass is 9.99. The Morgan fingerprint density at radius 2 is 1.76 bits per heavy atom. The summed E-state index contributed by atoms with van der Waals surface area (Å²) in [5.74, 6) is 0. The molecular formula is C16H20N+. The minimum Gasteiger partial charge on any atom is -0.198 e. The van der Waals surface area contributed by atoms with Crippen LogP contribution in [-0.4, -0.2) is 0 Å². The van der Waals surface area contributed by atoms with Crippen molar-refractivity contribution in [2.75, 3.05) is 0 Å². The first-order chi connectivity index (χ1) is 10.4. The van der Waals surface area contributed by atoms with Gasteiger partial charge >= 0.3 is 0 Å². The van der Waals surface area contributed by atoms with Crippen molar-refractivity contribution in [2.24, 2.45) is 7.05 Å². The quantitative estimate of drug-likeness (QED) is 0.663. The Kier molecular flexibility index (Phi) is 1.61. The summed E-state index contributed by atoms with van der Waals surface area (Å²) in [5, 5.41) is 0. The third kappa shape index (κ3) is 1.97. The zero-order chi connectivity index (χ0) is 17.6. The Bertz CT molecular complexity index is 743. The molecule has 0 aliphatic rings. The van der Waals surface area contributed by atoms with Crippen molar-refractivity contribution in [3.8, 4) is 11.3 Å². The number of hydrogen-bond acceptors (Lipinski definition) is 0. The van der Waals surface area contributed by atoms with Crippen LogP contribution in [-0.2, 0) is 7.05 Å². The number of pyridine rings is 1. The topological polar surface area (TPSA) is 3.88 Å². The predicted octanol–water partition coefficient (Wildman–Crippen LogP) is 3.41. The Labute approximate surface area is 112 Å². The Morgan fingerprint density at radius 3 is 2.41 bits per heavy atom. The number of hydrogen-bond donors (Lipinski definition) is 0. The molecule has 0 bridgehead atoms. The highest BCUT2D eigenvalue weighted by atomic mass is 14.9. The normalized spacial score (nSPS) is 17.4. The van der Waals surface area contributed by atoms with Gasteiger partial charge in [-0.3, -0.25) is 0 Å². The summed E-state index contributed by atoms with van der Waals surface area (Å²) in [6.45, 7) is -1.23. The number of aromatic nitrogens is 1. The average Bonchev–Trinajstić information content (AvgIpc) is 2.37. The Balaban J connectivity index is 2.91. The highest BCUT2D eigenvalue weighted by Gasteiger charge is 2.18. The third-order valence-corrected chi connectivity index (χ3v) is 3.06. The minimum absolute atomic E-state index is 0.116. The van der Waals surface area contributed by atoms with Crippen molar-refractivity contribution in [1.82, 2.24) is 0 Å². The van der Waals surface area contributed by atoms with Gasteiger partial charge in [0.25, 0.3) is 0 Å². The first-order valence-electron chi connectivity index (χ1n) is 8.55. The van der Waals surface area contributed by atoms with Crippen molar-refractivity contribution in [3.63, 3.8) is 0 Å². The summed E-state index contributed by atoms with van der Waals surface area (Å²) in [6, 6.07) is 9.14. The average molecular weight is 232 g/mol. The highest BCUT2D eigenvalue weighted by Crippen LogP contribution is 2.24. The van der Waals surface area contributed by atoms with Crippen molar-refractivity contribution in [3.05, 3.63) is 52.7 Å². The molecule has 2 rings (SSSR count). The minimum atomic E-state index is -2.51. The molecule has 1 heteroatoms. The summed E-state index contributed by atoms with van der Waals surface area (Å²) < 4.78 is 47.9. The Morgan fingerprint density at radius 1 is 1.00 bits per heavy atom. The van der Waals surface area contributed by atoms with Crippen molar-refractivity contribution >= 4 is 0 Å². The van der Waals surface area contributed by atoms with E-state index in [-0.39, 0.29) is 11.3 Å². The molecule has 0 aliphatic carbocycles. The molecule has 0 spiro atoms. The molecule has 0 saturated carbocycles. The lowest BCUT2D eigenvalue weighted by molar-refractivity contribution is -0.667. The number of benzene rings is 1. The smallest absolute Gasteiger partial charge is 0.198 e. The lowest BCUT2D eigenvalue weighted by Gasteiger charge is -2.10. The van der Waals surface area contributed by atoms with Crippen molar-refractivity contribution < 1.29 is 12.8 Å². The van der Waals surface area contributed by atoms with Crippen molar-refractivity contribution in [2.45, 2.75) is 27.6 Å². The van der Waals surface area contributed by atoms with Gasteiger partial charge in [0.05, 0.1) is 0 Å². The molecule has 1 heterocycles. The van der Waals surface area contributed by atoms with Crippen molar-refractivity contribution in [1.29, 1.82) is 0 Å². The fourth-order valence-electron chi connectivity index (χ4n) is 2.14. The summed E-state index contributed by atoms with van der Waals surface area (Å²) in [6.07, 6.45) is 0. The molecule has 0 fully saturated rings. The van der Waals surface area contributed by atoms with Gasteiger partial charge in [-0.2, -0.15) is 4.57 Å². The van der Waals surface area contributed by atoms with E-state index < -0.39 is 13.7 Å². The molecule has 0 aliphatic heterocycles. The maximum absolute atomic E-state index is 7.78. The molecule has 0 radical (unpaired) electrons. The van der Waals surface area contributed by atoms with Gasteiger partial charge in [-0.1, -0.05) is 18.2 Å². The van der Waals surface area contributed by atoms with Crippen LogP contribution in [0.1, 0.15) is 30.6 Å². The lowest BCUT2D eigenvalue weighted by Crippen LogP contribution is -2.36. The molecule has 0 saturated heterocycles. The first-order valence-corrected chi connectivity index (χ1v) is 5.55. The maximum Gasteiger partial charge on any atom is 0.215 e. The summed E-state index contributed by atoms with van der Waals surface area (Å²) in [7, 11) is 1.62. The maximum atomic E-state index is 7.78. The number of aryl methyl sites for hydroxylation is 3. The van der Waals surface area contributed by atoms with E-state index in [1.807, 2.05) is 31.2 Å². The SMILES string of the molecule is [2H]C([2H])([2H])c1cc(C)c(-c2ccccc2C)[n+](C)c1C([2H])([2H])[2H]. The van der Waals surface area contributed by atoms with Crippen LogP contribution in [0.2, 0.25) is 0 Å². The second kappa shape index (κ2) is 4.33. The van der Waals surface area contributed by atoms with Gasteiger partial charge in [0.15, 0.2) is 5.69 Å². The monoisotopic (exact) mass is 232 g/mol. The van der Waals surface area contributed by atoms with Gasteiger partial charge in [-0.25, -0.2) is 0 Å². The van der Waals surface area contributed by atoms with Gasteiger partial charge in [-0.15, -0.1) is 0 Å². The van der Waals surface area contributed by atoms with Gasteiger partial charge in [0.1, 0.15) is 7.05 Å². The van der Waals surface area contributed by atoms with Crippen LogP contribution in [0.15, 0.2) is 30.3 Å². The molecule has 17 heavy (non-hydrogen) atoms. The fourth-order valence-corrected chi connectivity index (χ4v) is 2.14. The number of rotatable bonds is 1. The summed E-state index contributed by atoms with van der Waals surface area (Å²) >= 11 is 0.